The van der Waals surface area contributed by atoms with Crippen LogP contribution >= 0.6 is 0 Å². The normalized spacial score (nSPS) is 20.7. The van der Waals surface area contributed by atoms with Crippen LogP contribution in [0.4, 0.5) is 20.4 Å². The second kappa shape index (κ2) is 5.66. The molecule has 1 atom stereocenters. The van der Waals surface area contributed by atoms with Crippen LogP contribution < -0.4 is 16.2 Å². The zero-order valence-corrected chi connectivity index (χ0v) is 11.2. The lowest BCUT2D eigenvalue weighted by molar-refractivity contribution is 0.212. The number of piperazine rings is 1. The monoisotopic (exact) mass is 271 g/mol. The molecule has 0 amide bonds. The molecular weight excluding hydrogens is 252 g/mol. The van der Waals surface area contributed by atoms with Gasteiger partial charge in [-0.1, -0.05) is 6.92 Å². The van der Waals surface area contributed by atoms with E-state index in [4.69, 9.17) is 5.84 Å². The predicted octanol–water partition coefficient (Wildman–Crippen LogP) is 1.18. The summed E-state index contributed by atoms with van der Waals surface area (Å²) in [5.74, 6) is 3.75. The van der Waals surface area contributed by atoms with E-state index in [1.807, 2.05) is 11.9 Å². The van der Waals surface area contributed by atoms with Crippen LogP contribution in [0.1, 0.15) is 13.3 Å². The summed E-state index contributed by atoms with van der Waals surface area (Å²) in [4.78, 5) is 8.00. The Labute approximate surface area is 111 Å². The van der Waals surface area contributed by atoms with Crippen LogP contribution in [-0.2, 0) is 0 Å². The molecule has 2 heterocycles. The van der Waals surface area contributed by atoms with E-state index in [2.05, 4.69) is 22.2 Å². The molecule has 19 heavy (non-hydrogen) atoms. The molecule has 106 valence electrons. The lowest BCUT2D eigenvalue weighted by atomic mass is 10.1. The Balaban J connectivity index is 2.26. The highest BCUT2D eigenvalue weighted by Crippen LogP contribution is 2.24. The first kappa shape index (κ1) is 14.0. The molecule has 3 N–H and O–H groups in total. The zero-order chi connectivity index (χ0) is 14.0. The van der Waals surface area contributed by atoms with Crippen molar-refractivity contribution in [2.45, 2.75) is 19.4 Å². The number of nitrogens with zero attached hydrogens (tertiary/aromatic N) is 3. The summed E-state index contributed by atoms with van der Waals surface area (Å²) in [7, 11) is 2.05. The van der Waals surface area contributed by atoms with Crippen LogP contribution in [0.5, 0.6) is 0 Å². The lowest BCUT2D eigenvalue weighted by Gasteiger charge is -2.39. The largest absolute Gasteiger partial charge is 0.351 e. The van der Waals surface area contributed by atoms with Crippen LogP contribution in [0.15, 0.2) is 6.07 Å². The molecule has 1 saturated heterocycles. The SMILES string of the molecule is CCC1CN(c2nc(NN)c(F)cc2F)CCN1C. The number of halogens is 2. The number of aromatic nitrogens is 1. The van der Waals surface area contributed by atoms with Gasteiger partial charge >= 0.3 is 0 Å². The van der Waals surface area contributed by atoms with Crippen molar-refractivity contribution in [3.63, 3.8) is 0 Å². The number of hydrazine groups is 1. The number of hydrogen-bond donors (Lipinski definition) is 2. The highest BCUT2D eigenvalue weighted by atomic mass is 19.1. The Morgan fingerprint density at radius 3 is 2.79 bits per heavy atom. The number of nitrogen functional groups attached to an aromatic ring is 1. The third-order valence-corrected chi connectivity index (χ3v) is 3.60. The Bertz CT molecular complexity index is 454. The second-order valence-electron chi connectivity index (χ2n) is 4.76. The van der Waals surface area contributed by atoms with Crippen molar-refractivity contribution in [3.05, 3.63) is 17.7 Å². The van der Waals surface area contributed by atoms with E-state index in [-0.39, 0.29) is 11.6 Å². The van der Waals surface area contributed by atoms with Gasteiger partial charge in [-0.2, -0.15) is 0 Å². The molecule has 1 aromatic heterocycles. The summed E-state index contributed by atoms with van der Waals surface area (Å²) in [6.45, 7) is 4.24. The molecule has 0 spiro atoms. The maximum Gasteiger partial charge on any atom is 0.178 e. The Kier molecular flexibility index (Phi) is 4.16. The highest BCUT2D eigenvalue weighted by molar-refractivity contribution is 5.49. The Morgan fingerprint density at radius 1 is 1.42 bits per heavy atom. The molecule has 0 saturated carbocycles. The first-order valence-electron chi connectivity index (χ1n) is 6.34. The summed E-state index contributed by atoms with van der Waals surface area (Å²) in [5.41, 5.74) is 2.15. The molecule has 1 fully saturated rings. The maximum absolute atomic E-state index is 13.9. The molecule has 2 rings (SSSR count). The van der Waals surface area contributed by atoms with Gasteiger partial charge in [0.15, 0.2) is 23.3 Å². The fraction of sp³-hybridized carbons (Fsp3) is 0.583. The number of likely N-dealkylation sites (N-methyl/N-ethyl adjacent to an activating group) is 1. The molecule has 1 aliphatic rings. The number of pyridine rings is 1. The van der Waals surface area contributed by atoms with Gasteiger partial charge in [-0.05, 0) is 13.5 Å². The fourth-order valence-electron chi connectivity index (χ4n) is 2.36. The third-order valence-electron chi connectivity index (χ3n) is 3.60. The average Bonchev–Trinajstić information content (AvgIpc) is 2.40. The van der Waals surface area contributed by atoms with Crippen molar-refractivity contribution in [3.8, 4) is 0 Å². The molecule has 7 heteroatoms. The first-order chi connectivity index (χ1) is 9.06. The summed E-state index contributed by atoms with van der Waals surface area (Å²) in [5, 5.41) is 0. The average molecular weight is 271 g/mol. The number of rotatable bonds is 3. The van der Waals surface area contributed by atoms with Crippen LogP contribution in [-0.4, -0.2) is 42.6 Å². The fourth-order valence-corrected chi connectivity index (χ4v) is 2.36. The summed E-state index contributed by atoms with van der Waals surface area (Å²) >= 11 is 0. The van der Waals surface area contributed by atoms with Crippen LogP contribution in [0.2, 0.25) is 0 Å². The van der Waals surface area contributed by atoms with Gasteiger partial charge in [0.2, 0.25) is 0 Å². The van der Waals surface area contributed by atoms with Crippen molar-refractivity contribution < 1.29 is 8.78 Å². The van der Waals surface area contributed by atoms with Gasteiger partial charge in [-0.25, -0.2) is 19.6 Å². The van der Waals surface area contributed by atoms with Crippen molar-refractivity contribution in [2.75, 3.05) is 37.0 Å². The van der Waals surface area contributed by atoms with Gasteiger partial charge in [0.25, 0.3) is 0 Å². The molecule has 1 unspecified atom stereocenters. The minimum Gasteiger partial charge on any atom is -0.351 e. The minimum absolute atomic E-state index is 0.136. The molecule has 1 aromatic rings. The lowest BCUT2D eigenvalue weighted by Crippen LogP contribution is -2.51. The van der Waals surface area contributed by atoms with Gasteiger partial charge < -0.3 is 10.3 Å². The van der Waals surface area contributed by atoms with Crippen molar-refractivity contribution in [2.24, 2.45) is 5.84 Å². The number of anilines is 2. The first-order valence-corrected chi connectivity index (χ1v) is 6.34. The quantitative estimate of drug-likeness (QED) is 0.638. The van der Waals surface area contributed by atoms with Crippen LogP contribution in [0.3, 0.4) is 0 Å². The van der Waals surface area contributed by atoms with E-state index in [9.17, 15) is 8.78 Å². The van der Waals surface area contributed by atoms with Gasteiger partial charge in [0.05, 0.1) is 0 Å². The van der Waals surface area contributed by atoms with Crippen molar-refractivity contribution >= 4 is 11.6 Å². The molecular formula is C12H19F2N5. The number of hydrogen-bond acceptors (Lipinski definition) is 5. The maximum atomic E-state index is 13.9. The summed E-state index contributed by atoms with van der Waals surface area (Å²) in [6, 6.07) is 1.16. The minimum atomic E-state index is -0.787. The third kappa shape index (κ3) is 2.76. The Hall–Kier alpha value is -1.47. The van der Waals surface area contributed by atoms with E-state index < -0.39 is 11.6 Å². The Morgan fingerprint density at radius 2 is 2.16 bits per heavy atom. The molecule has 0 bridgehead atoms. The van der Waals surface area contributed by atoms with Crippen molar-refractivity contribution in [1.29, 1.82) is 0 Å². The molecule has 0 aromatic carbocycles. The predicted molar refractivity (Wildman–Crippen MR) is 70.9 cm³/mol. The number of nitrogens with two attached hydrogens (primary N) is 1. The van der Waals surface area contributed by atoms with E-state index in [0.29, 0.717) is 19.1 Å². The van der Waals surface area contributed by atoms with Crippen LogP contribution in [0, 0.1) is 11.6 Å². The van der Waals surface area contributed by atoms with Gasteiger partial charge in [-0.15, -0.1) is 0 Å². The molecule has 0 aliphatic carbocycles. The second-order valence-corrected chi connectivity index (χ2v) is 4.76. The summed E-state index contributed by atoms with van der Waals surface area (Å²) < 4.78 is 27.2. The molecule has 1 aliphatic heterocycles. The van der Waals surface area contributed by atoms with Crippen molar-refractivity contribution in [1.82, 2.24) is 9.88 Å². The molecule has 0 radical (unpaired) electrons. The van der Waals surface area contributed by atoms with E-state index in [1.54, 1.807) is 0 Å². The zero-order valence-electron chi connectivity index (χ0n) is 11.2. The summed E-state index contributed by atoms with van der Waals surface area (Å²) in [6.07, 6.45) is 0.970. The van der Waals surface area contributed by atoms with Gasteiger partial charge in [-0.3, -0.25) is 4.90 Å². The smallest absolute Gasteiger partial charge is 0.178 e. The van der Waals surface area contributed by atoms with E-state index in [0.717, 1.165) is 19.0 Å². The standard InChI is InChI=1S/C12H19F2N5/c1-3-8-7-19(5-4-18(8)2)12-10(14)6-9(13)11(16-12)17-15/h6,8H,3-5,7,15H2,1-2H3,(H,16,17). The molecule has 5 nitrogen and oxygen atoms in total. The topological polar surface area (TPSA) is 57.4 Å². The van der Waals surface area contributed by atoms with Gasteiger partial charge in [0, 0.05) is 31.7 Å². The highest BCUT2D eigenvalue weighted by Gasteiger charge is 2.26. The van der Waals surface area contributed by atoms with Gasteiger partial charge in [0.1, 0.15) is 0 Å². The van der Waals surface area contributed by atoms with Crippen LogP contribution in [0.25, 0.3) is 0 Å². The number of nitrogens with one attached hydrogen (secondary N) is 1. The van der Waals surface area contributed by atoms with E-state index in [1.165, 1.54) is 0 Å². The van der Waals surface area contributed by atoms with E-state index >= 15 is 0 Å².